The van der Waals surface area contributed by atoms with Crippen LogP contribution in [0.4, 0.5) is 5.95 Å². The Morgan fingerprint density at radius 3 is 2.23 bits per heavy atom. The van der Waals surface area contributed by atoms with Crippen molar-refractivity contribution in [3.8, 4) is 11.1 Å². The van der Waals surface area contributed by atoms with Crippen LogP contribution in [0.2, 0.25) is 0 Å². The van der Waals surface area contributed by atoms with E-state index in [1.54, 1.807) is 23.5 Å². The first kappa shape index (κ1) is 20.4. The zero-order valence-corrected chi connectivity index (χ0v) is 17.4. The Bertz CT molecular complexity index is 1110. The fraction of sp³-hybridized carbons (Fsp3) is 0.211. The van der Waals surface area contributed by atoms with Crippen molar-refractivity contribution >= 4 is 33.2 Å². The number of nitrogens with zero attached hydrogens (tertiary/aromatic N) is 4. The summed E-state index contributed by atoms with van der Waals surface area (Å²) in [7, 11) is -3.59. The van der Waals surface area contributed by atoms with Crippen LogP contribution >= 0.6 is 11.3 Å². The summed E-state index contributed by atoms with van der Waals surface area (Å²) >= 11 is 1.60. The number of benzene rings is 1. The van der Waals surface area contributed by atoms with Crippen LogP contribution in [-0.4, -0.2) is 60.0 Å². The van der Waals surface area contributed by atoms with Gasteiger partial charge in [0.2, 0.25) is 16.0 Å². The zero-order chi connectivity index (χ0) is 21.1. The summed E-state index contributed by atoms with van der Waals surface area (Å²) < 4.78 is 27.4. The Kier molecular flexibility index (Phi) is 5.77. The van der Waals surface area contributed by atoms with E-state index < -0.39 is 15.9 Å². The van der Waals surface area contributed by atoms with Gasteiger partial charge in [-0.15, -0.1) is 0 Å². The first-order valence-electron chi connectivity index (χ1n) is 9.13. The molecule has 0 spiro atoms. The lowest BCUT2D eigenvalue weighted by Gasteiger charge is -2.34. The van der Waals surface area contributed by atoms with Crippen LogP contribution < -0.4 is 10.4 Å². The lowest BCUT2D eigenvalue weighted by molar-refractivity contribution is 0.0705. The molecule has 2 aromatic heterocycles. The molecular weight excluding hydrogens is 426 g/mol. The van der Waals surface area contributed by atoms with Gasteiger partial charge >= 0.3 is 0 Å². The minimum Gasteiger partial charge on any atom is -0.338 e. The molecular formula is C19H19N5O4S2. The molecule has 3 heterocycles. The van der Waals surface area contributed by atoms with Gasteiger partial charge in [-0.2, -0.15) is 15.6 Å². The van der Waals surface area contributed by atoms with Crippen LogP contribution in [0.5, 0.6) is 0 Å². The smallest absolute Gasteiger partial charge is 0.277 e. The molecule has 2 N–H and O–H groups in total. The van der Waals surface area contributed by atoms with Crippen molar-refractivity contribution in [2.75, 3.05) is 31.1 Å². The van der Waals surface area contributed by atoms with Gasteiger partial charge in [0.25, 0.3) is 5.91 Å². The summed E-state index contributed by atoms with van der Waals surface area (Å²) in [6.45, 7) is 1.46. The highest BCUT2D eigenvalue weighted by Gasteiger charge is 2.29. The van der Waals surface area contributed by atoms with Gasteiger partial charge in [0.1, 0.15) is 0 Å². The predicted octanol–water partition coefficient (Wildman–Crippen LogP) is 1.84. The summed E-state index contributed by atoms with van der Waals surface area (Å²) in [5.41, 5.74) is 3.71. The molecule has 0 radical (unpaired) electrons. The molecule has 156 valence electrons. The fourth-order valence-corrected chi connectivity index (χ4v) is 5.28. The van der Waals surface area contributed by atoms with Crippen LogP contribution in [0.1, 0.15) is 10.4 Å². The molecule has 0 saturated carbocycles. The lowest BCUT2D eigenvalue weighted by atomic mass is 10.1. The van der Waals surface area contributed by atoms with E-state index in [4.69, 9.17) is 5.21 Å². The van der Waals surface area contributed by atoms with E-state index in [2.05, 4.69) is 9.97 Å². The van der Waals surface area contributed by atoms with Crippen molar-refractivity contribution in [2.45, 2.75) is 4.90 Å². The van der Waals surface area contributed by atoms with E-state index in [0.29, 0.717) is 32.1 Å². The molecule has 1 aliphatic heterocycles. The normalized spacial score (nSPS) is 15.2. The van der Waals surface area contributed by atoms with Crippen molar-refractivity contribution in [3.05, 3.63) is 59.0 Å². The van der Waals surface area contributed by atoms with Crippen LogP contribution in [0.3, 0.4) is 0 Å². The van der Waals surface area contributed by atoms with Crippen molar-refractivity contribution in [2.24, 2.45) is 0 Å². The van der Waals surface area contributed by atoms with Crippen LogP contribution in [0.25, 0.3) is 11.1 Å². The van der Waals surface area contributed by atoms with E-state index >= 15 is 0 Å². The Labute approximate surface area is 177 Å². The molecule has 1 aliphatic rings. The summed E-state index contributed by atoms with van der Waals surface area (Å²) in [4.78, 5) is 21.7. The van der Waals surface area contributed by atoms with Gasteiger partial charge in [0, 0.05) is 38.6 Å². The molecule has 0 bridgehead atoms. The first-order chi connectivity index (χ1) is 14.5. The zero-order valence-electron chi connectivity index (χ0n) is 15.8. The van der Waals surface area contributed by atoms with E-state index in [9.17, 15) is 13.2 Å². The van der Waals surface area contributed by atoms with Crippen LogP contribution in [0, 0.1) is 0 Å². The maximum absolute atomic E-state index is 13.0. The molecule has 11 heteroatoms. The third kappa shape index (κ3) is 4.05. The number of sulfonamides is 1. The summed E-state index contributed by atoms with van der Waals surface area (Å²) in [6.07, 6.45) is 2.62. The monoisotopic (exact) mass is 445 g/mol. The van der Waals surface area contributed by atoms with Gasteiger partial charge < -0.3 is 4.90 Å². The quantitative estimate of drug-likeness (QED) is 0.455. The van der Waals surface area contributed by atoms with Gasteiger partial charge in [-0.05, 0) is 40.1 Å². The average molecular weight is 446 g/mol. The number of nitrogens with one attached hydrogen (secondary N) is 1. The molecule has 1 amide bonds. The predicted molar refractivity (Wildman–Crippen MR) is 112 cm³/mol. The second-order valence-electron chi connectivity index (χ2n) is 6.64. The second kappa shape index (κ2) is 8.48. The number of amides is 1. The Hall–Kier alpha value is -2.86. The van der Waals surface area contributed by atoms with Gasteiger partial charge in [-0.25, -0.2) is 23.9 Å². The van der Waals surface area contributed by atoms with Crippen molar-refractivity contribution in [1.82, 2.24) is 19.8 Å². The Morgan fingerprint density at radius 2 is 1.67 bits per heavy atom. The number of thiophene rings is 1. The van der Waals surface area contributed by atoms with E-state index in [1.807, 2.05) is 33.9 Å². The standard InChI is InChI=1S/C19H19N5O4S2/c25-18(22-26)16-11-20-19(21-12-16)23-6-8-24(9-7-23)30(27,28)17-3-1-14(2-4-17)15-5-10-29-13-15/h1-5,10-13,26H,6-9H2,(H,22,25). The molecule has 0 atom stereocenters. The molecule has 0 unspecified atom stereocenters. The minimum absolute atomic E-state index is 0.133. The number of carbonyl (C=O) groups is 1. The number of hydrogen-bond acceptors (Lipinski definition) is 8. The van der Waals surface area contributed by atoms with E-state index in [0.717, 1.165) is 11.1 Å². The summed E-state index contributed by atoms with van der Waals surface area (Å²) in [6, 6.07) is 8.93. The average Bonchev–Trinajstić information content (AvgIpc) is 3.34. The SMILES string of the molecule is O=C(NO)c1cnc(N2CCN(S(=O)(=O)c3ccc(-c4ccsc4)cc3)CC2)nc1. The second-order valence-corrected chi connectivity index (χ2v) is 9.36. The van der Waals surface area contributed by atoms with Crippen molar-refractivity contribution < 1.29 is 18.4 Å². The highest BCUT2D eigenvalue weighted by molar-refractivity contribution is 7.89. The van der Waals surface area contributed by atoms with Gasteiger partial charge in [-0.3, -0.25) is 10.0 Å². The van der Waals surface area contributed by atoms with Crippen molar-refractivity contribution in [3.63, 3.8) is 0 Å². The highest BCUT2D eigenvalue weighted by Crippen LogP contribution is 2.25. The van der Waals surface area contributed by atoms with E-state index in [-0.39, 0.29) is 10.5 Å². The van der Waals surface area contributed by atoms with E-state index in [1.165, 1.54) is 22.2 Å². The molecule has 9 nitrogen and oxygen atoms in total. The third-order valence-electron chi connectivity index (χ3n) is 4.87. The maximum Gasteiger partial charge on any atom is 0.277 e. The molecule has 4 rings (SSSR count). The Morgan fingerprint density at radius 1 is 1.00 bits per heavy atom. The minimum atomic E-state index is -3.59. The van der Waals surface area contributed by atoms with Crippen molar-refractivity contribution in [1.29, 1.82) is 0 Å². The number of piperazine rings is 1. The third-order valence-corrected chi connectivity index (χ3v) is 7.47. The topological polar surface area (TPSA) is 116 Å². The number of hydrogen-bond donors (Lipinski definition) is 2. The Balaban J connectivity index is 1.42. The highest BCUT2D eigenvalue weighted by atomic mass is 32.2. The summed E-state index contributed by atoms with van der Waals surface area (Å²) in [5, 5.41) is 12.6. The molecule has 1 aromatic carbocycles. The van der Waals surface area contributed by atoms with Crippen LogP contribution in [-0.2, 0) is 10.0 Å². The maximum atomic E-state index is 13.0. The number of rotatable bonds is 5. The largest absolute Gasteiger partial charge is 0.338 e. The number of carbonyl (C=O) groups excluding carboxylic acids is 1. The fourth-order valence-electron chi connectivity index (χ4n) is 3.19. The van der Waals surface area contributed by atoms with Crippen LogP contribution in [0.15, 0.2) is 58.4 Å². The summed E-state index contributed by atoms with van der Waals surface area (Å²) in [5.74, 6) is -0.288. The molecule has 1 fully saturated rings. The molecule has 1 saturated heterocycles. The van der Waals surface area contributed by atoms with Gasteiger partial charge in [0.15, 0.2) is 0 Å². The first-order valence-corrected chi connectivity index (χ1v) is 11.5. The molecule has 0 aliphatic carbocycles. The van der Waals surface area contributed by atoms with Gasteiger partial charge in [-0.1, -0.05) is 12.1 Å². The number of hydroxylamine groups is 1. The molecule has 30 heavy (non-hydrogen) atoms. The number of anilines is 1. The van der Waals surface area contributed by atoms with Gasteiger partial charge in [0.05, 0.1) is 10.5 Å². The molecule has 3 aromatic rings. The lowest BCUT2D eigenvalue weighted by Crippen LogP contribution is -2.49. The number of aromatic nitrogens is 2.